The third-order valence-electron chi connectivity index (χ3n) is 5.23. The lowest BCUT2D eigenvalue weighted by molar-refractivity contribution is 0.335. The first-order chi connectivity index (χ1) is 11.3. The van der Waals surface area contributed by atoms with E-state index in [2.05, 4.69) is 46.2 Å². The van der Waals surface area contributed by atoms with Gasteiger partial charge in [0.2, 0.25) is 0 Å². The lowest BCUT2D eigenvalue weighted by Gasteiger charge is -2.22. The molecular weight excluding hydrogens is 284 g/mol. The fourth-order valence-corrected chi connectivity index (χ4v) is 3.76. The molecule has 1 atom stereocenters. The second-order valence-electron chi connectivity index (χ2n) is 6.76. The molecule has 1 unspecified atom stereocenters. The number of hydrogen-bond acceptors (Lipinski definition) is 3. The van der Waals surface area contributed by atoms with E-state index in [1.54, 1.807) is 0 Å². The van der Waals surface area contributed by atoms with Crippen molar-refractivity contribution in [3.05, 3.63) is 47.3 Å². The zero-order valence-electron chi connectivity index (χ0n) is 14.1. The first kappa shape index (κ1) is 16.2. The highest BCUT2D eigenvalue weighted by atomic mass is 15.4. The van der Waals surface area contributed by atoms with E-state index >= 15 is 0 Å². The van der Waals surface area contributed by atoms with Gasteiger partial charge in [-0.3, -0.25) is 0 Å². The van der Waals surface area contributed by atoms with E-state index in [0.717, 1.165) is 18.0 Å². The number of benzene rings is 1. The third-order valence-corrected chi connectivity index (χ3v) is 5.23. The van der Waals surface area contributed by atoms with E-state index < -0.39 is 0 Å². The average molecular weight is 312 g/mol. The summed E-state index contributed by atoms with van der Waals surface area (Å²) < 4.78 is 2.08. The molecule has 4 nitrogen and oxygen atoms in total. The molecule has 0 amide bonds. The molecule has 0 saturated heterocycles. The van der Waals surface area contributed by atoms with E-state index in [1.807, 2.05) is 6.07 Å². The van der Waals surface area contributed by atoms with Crippen molar-refractivity contribution in [2.75, 3.05) is 0 Å². The van der Waals surface area contributed by atoms with E-state index in [0.29, 0.717) is 6.54 Å². The molecule has 1 aromatic carbocycles. The van der Waals surface area contributed by atoms with Crippen molar-refractivity contribution < 1.29 is 0 Å². The Labute approximate surface area is 139 Å². The summed E-state index contributed by atoms with van der Waals surface area (Å²) in [7, 11) is 0. The second-order valence-corrected chi connectivity index (χ2v) is 6.76. The summed E-state index contributed by atoms with van der Waals surface area (Å²) in [4.78, 5) is 0. The van der Waals surface area contributed by atoms with Gasteiger partial charge < -0.3 is 5.73 Å². The summed E-state index contributed by atoms with van der Waals surface area (Å²) >= 11 is 0. The monoisotopic (exact) mass is 312 g/mol. The molecule has 2 aromatic rings. The highest BCUT2D eigenvalue weighted by molar-refractivity contribution is 5.21. The maximum atomic E-state index is 5.90. The van der Waals surface area contributed by atoms with E-state index in [9.17, 15) is 0 Å². The minimum atomic E-state index is 0.199. The largest absolute Gasteiger partial charge is 0.325 e. The summed E-state index contributed by atoms with van der Waals surface area (Å²) in [6.45, 7) is 2.66. The van der Waals surface area contributed by atoms with Crippen LogP contribution in [0.15, 0.2) is 30.3 Å². The van der Waals surface area contributed by atoms with Gasteiger partial charge in [0.1, 0.15) is 0 Å². The molecule has 0 bridgehead atoms. The van der Waals surface area contributed by atoms with Crippen molar-refractivity contribution in [3.63, 3.8) is 0 Å². The Kier molecular flexibility index (Phi) is 5.44. The molecule has 23 heavy (non-hydrogen) atoms. The smallest absolute Gasteiger partial charge is 0.0994 e. The van der Waals surface area contributed by atoms with E-state index in [4.69, 9.17) is 5.73 Å². The highest BCUT2D eigenvalue weighted by Gasteiger charge is 2.20. The molecule has 1 saturated carbocycles. The molecule has 0 spiro atoms. The highest BCUT2D eigenvalue weighted by Crippen LogP contribution is 2.29. The Bertz CT molecular complexity index is 599. The molecule has 1 fully saturated rings. The van der Waals surface area contributed by atoms with Crippen LogP contribution in [0.1, 0.15) is 68.4 Å². The van der Waals surface area contributed by atoms with Crippen molar-refractivity contribution in [2.45, 2.75) is 64.5 Å². The van der Waals surface area contributed by atoms with Gasteiger partial charge in [0.05, 0.1) is 17.4 Å². The van der Waals surface area contributed by atoms with Crippen LogP contribution in [-0.4, -0.2) is 15.0 Å². The fraction of sp³-hybridized carbons (Fsp3) is 0.579. The zero-order valence-corrected chi connectivity index (χ0v) is 14.1. The van der Waals surface area contributed by atoms with Gasteiger partial charge in [-0.1, -0.05) is 67.6 Å². The topological polar surface area (TPSA) is 56.7 Å². The standard InChI is InChI=1S/C19H28N4/c1-15(17-10-6-3-7-11-17)23-19(18(14-20)21-22-23)13-12-16-8-4-2-5-9-16/h3,6-7,10-11,15-16H,2,4-5,8-9,12-14,20H2,1H3. The van der Waals surface area contributed by atoms with Crippen molar-refractivity contribution in [2.24, 2.45) is 11.7 Å². The Balaban J connectivity index is 1.76. The van der Waals surface area contributed by atoms with Gasteiger partial charge in [0, 0.05) is 6.54 Å². The Morgan fingerprint density at radius 2 is 1.91 bits per heavy atom. The summed E-state index contributed by atoms with van der Waals surface area (Å²) in [5.74, 6) is 0.866. The zero-order chi connectivity index (χ0) is 16.1. The van der Waals surface area contributed by atoms with Crippen LogP contribution in [0, 0.1) is 5.92 Å². The van der Waals surface area contributed by atoms with Gasteiger partial charge in [0.15, 0.2) is 0 Å². The van der Waals surface area contributed by atoms with Crippen LogP contribution in [0.25, 0.3) is 0 Å². The van der Waals surface area contributed by atoms with Crippen molar-refractivity contribution in [3.8, 4) is 0 Å². The van der Waals surface area contributed by atoms with Crippen molar-refractivity contribution in [1.82, 2.24) is 15.0 Å². The van der Waals surface area contributed by atoms with Gasteiger partial charge in [0.25, 0.3) is 0 Å². The number of aromatic nitrogens is 3. The fourth-order valence-electron chi connectivity index (χ4n) is 3.76. The van der Waals surface area contributed by atoms with Crippen molar-refractivity contribution in [1.29, 1.82) is 0 Å². The van der Waals surface area contributed by atoms with Crippen LogP contribution in [0.2, 0.25) is 0 Å². The molecule has 3 rings (SSSR count). The van der Waals surface area contributed by atoms with Crippen molar-refractivity contribution >= 4 is 0 Å². The Morgan fingerprint density at radius 3 is 2.61 bits per heavy atom. The maximum absolute atomic E-state index is 5.90. The summed E-state index contributed by atoms with van der Waals surface area (Å²) in [6.07, 6.45) is 9.25. The average Bonchev–Trinajstić information content (AvgIpc) is 3.04. The second kappa shape index (κ2) is 7.73. The predicted molar refractivity (Wildman–Crippen MR) is 93.1 cm³/mol. The molecule has 1 aliphatic carbocycles. The molecule has 0 radical (unpaired) electrons. The molecule has 1 aliphatic rings. The molecule has 124 valence electrons. The predicted octanol–water partition coefficient (Wildman–Crippen LogP) is 3.86. The minimum absolute atomic E-state index is 0.199. The van der Waals surface area contributed by atoms with E-state index in [-0.39, 0.29) is 6.04 Å². The molecule has 4 heteroatoms. The third kappa shape index (κ3) is 3.81. The summed E-state index contributed by atoms with van der Waals surface area (Å²) in [6, 6.07) is 10.7. The molecule has 0 aliphatic heterocycles. The van der Waals surface area contributed by atoms with Gasteiger partial charge in [-0.05, 0) is 31.2 Å². The number of nitrogens with zero attached hydrogens (tertiary/aromatic N) is 3. The number of rotatable bonds is 6. The van der Waals surface area contributed by atoms with Crippen LogP contribution in [0.4, 0.5) is 0 Å². The van der Waals surface area contributed by atoms with Gasteiger partial charge in [-0.25, -0.2) is 4.68 Å². The number of nitrogens with two attached hydrogens (primary N) is 1. The lowest BCUT2D eigenvalue weighted by atomic mass is 9.85. The molecule has 1 aromatic heterocycles. The van der Waals surface area contributed by atoms with E-state index in [1.165, 1.54) is 49.8 Å². The molecular formula is C19H28N4. The lowest BCUT2D eigenvalue weighted by Crippen LogP contribution is -2.15. The maximum Gasteiger partial charge on any atom is 0.0994 e. The van der Waals surface area contributed by atoms with Gasteiger partial charge in [-0.2, -0.15) is 0 Å². The summed E-state index contributed by atoms with van der Waals surface area (Å²) in [5, 5.41) is 8.75. The van der Waals surface area contributed by atoms with Crippen LogP contribution in [0.5, 0.6) is 0 Å². The number of hydrogen-bond donors (Lipinski definition) is 1. The van der Waals surface area contributed by atoms with Crippen LogP contribution < -0.4 is 5.73 Å². The van der Waals surface area contributed by atoms with Gasteiger partial charge >= 0.3 is 0 Å². The molecule has 2 N–H and O–H groups in total. The van der Waals surface area contributed by atoms with Crippen LogP contribution >= 0.6 is 0 Å². The molecule has 1 heterocycles. The van der Waals surface area contributed by atoms with Crippen LogP contribution in [-0.2, 0) is 13.0 Å². The first-order valence-electron chi connectivity index (χ1n) is 8.97. The van der Waals surface area contributed by atoms with Gasteiger partial charge in [-0.15, -0.1) is 5.10 Å². The SMILES string of the molecule is CC(c1ccccc1)n1nnc(CN)c1CCC1CCCCC1. The normalized spacial score (nSPS) is 17.3. The first-order valence-corrected chi connectivity index (χ1v) is 8.97. The summed E-state index contributed by atoms with van der Waals surface area (Å²) in [5.41, 5.74) is 9.35. The van der Waals surface area contributed by atoms with Crippen LogP contribution in [0.3, 0.4) is 0 Å². The Morgan fingerprint density at radius 1 is 1.17 bits per heavy atom. The minimum Gasteiger partial charge on any atom is -0.325 e. The quantitative estimate of drug-likeness (QED) is 0.881. The Hall–Kier alpha value is -1.68.